The fourth-order valence-electron chi connectivity index (χ4n) is 3.91. The zero-order valence-corrected chi connectivity index (χ0v) is 20.6. The molecule has 2 amide bonds. The first kappa shape index (κ1) is 24.9. The number of aromatic hydroxyl groups is 1. The van der Waals surface area contributed by atoms with Gasteiger partial charge in [-0.3, -0.25) is 5.10 Å². The number of phenols is 1. The lowest BCUT2D eigenvalue weighted by atomic mass is 10.0. The van der Waals surface area contributed by atoms with E-state index in [4.69, 9.17) is 4.74 Å². The van der Waals surface area contributed by atoms with Crippen molar-refractivity contribution in [3.8, 4) is 33.6 Å². The van der Waals surface area contributed by atoms with Gasteiger partial charge in [0.1, 0.15) is 17.4 Å². The van der Waals surface area contributed by atoms with E-state index in [-0.39, 0.29) is 0 Å². The van der Waals surface area contributed by atoms with E-state index in [0.29, 0.717) is 48.9 Å². The highest BCUT2D eigenvalue weighted by Crippen LogP contribution is 2.46. The van der Waals surface area contributed by atoms with Crippen molar-refractivity contribution in [2.45, 2.75) is 0 Å². The lowest BCUT2D eigenvalue weighted by molar-refractivity contribution is 0.123. The number of rotatable bonds is 6. The molecule has 1 saturated heterocycles. The topological polar surface area (TPSA) is 152 Å². The zero-order chi connectivity index (χ0) is 26.5. The number of ether oxygens (including phenoxy) is 1. The van der Waals surface area contributed by atoms with E-state index in [1.807, 2.05) is 0 Å². The SMILES string of the molecule is N#Cc1c(N2CCOCC2)sc(-c2nc[nH]n2)c1-c1ccc(NC(=O)N/N=C/c2ccc(O)c(F)c2)cc1. The monoisotopic (exact) mass is 532 g/mol. The van der Waals surface area contributed by atoms with Crippen molar-refractivity contribution in [1.82, 2.24) is 20.6 Å². The van der Waals surface area contributed by atoms with E-state index in [1.165, 1.54) is 36.0 Å². The number of hydrazone groups is 1. The van der Waals surface area contributed by atoms with E-state index in [1.54, 1.807) is 24.3 Å². The smallest absolute Gasteiger partial charge is 0.339 e. The number of morpholine rings is 1. The molecule has 3 heterocycles. The van der Waals surface area contributed by atoms with Gasteiger partial charge >= 0.3 is 6.03 Å². The third-order valence-corrected chi connectivity index (χ3v) is 6.95. The molecule has 0 aliphatic carbocycles. The number of anilines is 2. The largest absolute Gasteiger partial charge is 0.505 e. The van der Waals surface area contributed by atoms with E-state index in [0.717, 1.165) is 27.1 Å². The molecule has 1 aliphatic heterocycles. The van der Waals surface area contributed by atoms with Crippen LogP contribution < -0.4 is 15.6 Å². The molecule has 0 unspecified atom stereocenters. The molecule has 0 spiro atoms. The molecule has 1 fully saturated rings. The number of halogens is 1. The quantitative estimate of drug-likeness (QED) is 0.217. The van der Waals surface area contributed by atoms with Crippen molar-refractivity contribution in [1.29, 1.82) is 5.26 Å². The average molecular weight is 533 g/mol. The summed E-state index contributed by atoms with van der Waals surface area (Å²) in [5.41, 5.74) is 5.20. The van der Waals surface area contributed by atoms with Gasteiger partial charge in [-0.1, -0.05) is 12.1 Å². The number of phenolic OH excluding ortho intramolecular Hbond substituents is 1. The molecule has 0 bridgehead atoms. The Morgan fingerprint density at radius 1 is 1.26 bits per heavy atom. The Morgan fingerprint density at radius 3 is 2.74 bits per heavy atom. The Labute approximate surface area is 220 Å². The molecule has 192 valence electrons. The summed E-state index contributed by atoms with van der Waals surface area (Å²) in [7, 11) is 0. The van der Waals surface area contributed by atoms with E-state index in [9.17, 15) is 19.6 Å². The van der Waals surface area contributed by atoms with Crippen molar-refractivity contribution in [2.75, 3.05) is 36.5 Å². The standard InChI is InChI=1S/C25H21FN8O3S/c26-19-11-15(1-6-20(19)35)13-29-33-25(36)31-17-4-2-16(3-5-17)21-18(12-27)24(34-7-9-37-10-8-34)38-22(21)23-28-14-30-32-23/h1-6,11,13-14,35H,7-10H2,(H,28,30,32)(H2,31,33,36)/b29-13+. The minimum absolute atomic E-state index is 0.368. The van der Waals surface area contributed by atoms with Crippen LogP contribution in [-0.4, -0.2) is 58.8 Å². The van der Waals surface area contributed by atoms with Crippen molar-refractivity contribution in [2.24, 2.45) is 5.10 Å². The number of aromatic amines is 1. The average Bonchev–Trinajstić information content (AvgIpc) is 3.60. The number of amides is 2. The van der Waals surface area contributed by atoms with E-state index < -0.39 is 17.6 Å². The van der Waals surface area contributed by atoms with Crippen LogP contribution in [0.2, 0.25) is 0 Å². The van der Waals surface area contributed by atoms with Gasteiger partial charge in [0.05, 0.1) is 29.9 Å². The molecule has 4 aromatic rings. The first-order chi connectivity index (χ1) is 18.5. The van der Waals surface area contributed by atoms with Gasteiger partial charge in [-0.25, -0.2) is 19.6 Å². The molecule has 11 nitrogen and oxygen atoms in total. The number of hydrogen-bond acceptors (Lipinski definition) is 9. The maximum Gasteiger partial charge on any atom is 0.339 e. The number of benzene rings is 2. The summed E-state index contributed by atoms with van der Waals surface area (Å²) in [6.45, 7) is 2.55. The van der Waals surface area contributed by atoms with Gasteiger partial charge < -0.3 is 20.1 Å². The van der Waals surface area contributed by atoms with Crippen LogP contribution in [0.3, 0.4) is 0 Å². The third kappa shape index (κ3) is 5.31. The lowest BCUT2D eigenvalue weighted by Gasteiger charge is -2.27. The van der Waals surface area contributed by atoms with Crippen molar-refractivity contribution in [3.05, 3.63) is 65.7 Å². The summed E-state index contributed by atoms with van der Waals surface area (Å²) in [4.78, 5) is 19.4. The summed E-state index contributed by atoms with van der Waals surface area (Å²) >= 11 is 1.46. The molecule has 38 heavy (non-hydrogen) atoms. The van der Waals surface area contributed by atoms with Crippen LogP contribution in [0.1, 0.15) is 11.1 Å². The van der Waals surface area contributed by atoms with Gasteiger partial charge in [0.15, 0.2) is 17.4 Å². The number of urea groups is 1. The molecular weight excluding hydrogens is 511 g/mol. The molecule has 13 heteroatoms. The van der Waals surface area contributed by atoms with Gasteiger partial charge in [-0.15, -0.1) is 11.3 Å². The molecule has 1 aliphatic rings. The Morgan fingerprint density at radius 2 is 2.05 bits per heavy atom. The highest BCUT2D eigenvalue weighted by molar-refractivity contribution is 7.20. The van der Waals surface area contributed by atoms with Gasteiger partial charge in [0, 0.05) is 24.3 Å². The van der Waals surface area contributed by atoms with Crippen LogP contribution in [0.25, 0.3) is 21.8 Å². The summed E-state index contributed by atoms with van der Waals surface area (Å²) < 4.78 is 18.9. The zero-order valence-electron chi connectivity index (χ0n) is 19.8. The van der Waals surface area contributed by atoms with Crippen LogP contribution in [0, 0.1) is 17.1 Å². The Kier molecular flexibility index (Phi) is 7.25. The third-order valence-electron chi connectivity index (χ3n) is 5.70. The van der Waals surface area contributed by atoms with Crippen LogP contribution in [0.15, 0.2) is 53.9 Å². The maximum atomic E-state index is 13.4. The second-order valence-corrected chi connectivity index (χ2v) is 9.13. The van der Waals surface area contributed by atoms with Gasteiger partial charge in [-0.2, -0.15) is 15.5 Å². The summed E-state index contributed by atoms with van der Waals surface area (Å²) in [6, 6.07) is 12.5. The van der Waals surface area contributed by atoms with Gasteiger partial charge in [0.2, 0.25) is 0 Å². The van der Waals surface area contributed by atoms with E-state index >= 15 is 0 Å². The van der Waals surface area contributed by atoms with E-state index in [2.05, 4.69) is 42.0 Å². The highest BCUT2D eigenvalue weighted by atomic mass is 32.1. The number of aromatic nitrogens is 3. The Hall–Kier alpha value is -4.80. The van der Waals surface area contributed by atoms with Crippen LogP contribution >= 0.6 is 11.3 Å². The lowest BCUT2D eigenvalue weighted by Crippen LogP contribution is -2.36. The fraction of sp³-hybridized carbons (Fsp3) is 0.160. The molecule has 0 radical (unpaired) electrons. The maximum absolute atomic E-state index is 13.4. The first-order valence-electron chi connectivity index (χ1n) is 11.5. The molecule has 2 aromatic carbocycles. The summed E-state index contributed by atoms with van der Waals surface area (Å²) in [5.74, 6) is -0.758. The number of nitrogens with one attached hydrogen (secondary N) is 3. The second-order valence-electron chi connectivity index (χ2n) is 8.13. The number of carbonyl (C=O) groups is 1. The summed E-state index contributed by atoms with van der Waals surface area (Å²) in [6.07, 6.45) is 2.74. The molecule has 5 rings (SSSR count). The summed E-state index contributed by atoms with van der Waals surface area (Å²) in [5, 5.41) is 33.6. The number of H-pyrrole nitrogens is 1. The Bertz CT molecular complexity index is 1510. The molecule has 0 atom stereocenters. The first-order valence-corrected chi connectivity index (χ1v) is 12.3. The molecule has 0 saturated carbocycles. The highest BCUT2D eigenvalue weighted by Gasteiger charge is 2.26. The molecular formula is C25H21FN8O3S. The van der Waals surface area contributed by atoms with Crippen molar-refractivity contribution < 1.29 is 19.0 Å². The minimum Gasteiger partial charge on any atom is -0.505 e. The van der Waals surface area contributed by atoms with Gasteiger partial charge in [-0.05, 0) is 41.5 Å². The van der Waals surface area contributed by atoms with Crippen molar-refractivity contribution in [3.63, 3.8) is 0 Å². The van der Waals surface area contributed by atoms with Gasteiger partial charge in [0.25, 0.3) is 0 Å². The van der Waals surface area contributed by atoms with Crippen LogP contribution in [0.5, 0.6) is 5.75 Å². The van der Waals surface area contributed by atoms with Crippen LogP contribution in [0.4, 0.5) is 19.9 Å². The minimum atomic E-state index is -0.785. The number of hydrogen-bond donors (Lipinski definition) is 4. The molecule has 2 aromatic heterocycles. The normalized spacial score (nSPS) is 13.4. The predicted octanol–water partition coefficient (Wildman–Crippen LogP) is 3.91. The number of carbonyl (C=O) groups excluding carboxylic acids is 1. The second kappa shape index (κ2) is 11.1. The Balaban J connectivity index is 1.35. The van der Waals surface area contributed by atoms with Crippen molar-refractivity contribution >= 4 is 34.3 Å². The van der Waals surface area contributed by atoms with Crippen LogP contribution in [-0.2, 0) is 4.74 Å². The number of nitrogens with zero attached hydrogens (tertiary/aromatic N) is 5. The predicted molar refractivity (Wildman–Crippen MR) is 141 cm³/mol. The number of nitriles is 1. The molecule has 4 N–H and O–H groups in total. The number of thiophene rings is 1. The fourth-order valence-corrected chi connectivity index (χ4v) is 5.18.